The van der Waals surface area contributed by atoms with Crippen molar-refractivity contribution in [3.8, 4) is 5.69 Å². The molecule has 0 aliphatic heterocycles. The van der Waals surface area contributed by atoms with E-state index >= 15 is 0 Å². The summed E-state index contributed by atoms with van der Waals surface area (Å²) in [5.41, 5.74) is 2.47. The molecule has 0 fully saturated rings. The van der Waals surface area contributed by atoms with E-state index in [2.05, 4.69) is 10.1 Å². The predicted molar refractivity (Wildman–Crippen MR) is 56.1 cm³/mol. The summed E-state index contributed by atoms with van der Waals surface area (Å²) in [4.78, 5) is 15.2. The van der Waals surface area contributed by atoms with Gasteiger partial charge in [-0.25, -0.2) is 4.68 Å². The van der Waals surface area contributed by atoms with Crippen molar-refractivity contribution in [3.05, 3.63) is 42.0 Å². The number of ketones is 1. The van der Waals surface area contributed by atoms with E-state index in [0.29, 0.717) is 5.56 Å². The summed E-state index contributed by atoms with van der Waals surface area (Å²) >= 11 is 0. The van der Waals surface area contributed by atoms with Gasteiger partial charge in [-0.1, -0.05) is 0 Å². The van der Waals surface area contributed by atoms with Crippen LogP contribution in [0.5, 0.6) is 0 Å². The Bertz CT molecular complexity index is 502. The Morgan fingerprint density at radius 1 is 1.33 bits per heavy atom. The van der Waals surface area contributed by atoms with Crippen LogP contribution < -0.4 is 0 Å². The lowest BCUT2D eigenvalue weighted by atomic mass is 10.2. The van der Waals surface area contributed by atoms with Gasteiger partial charge in [0.15, 0.2) is 5.78 Å². The van der Waals surface area contributed by atoms with E-state index in [9.17, 15) is 4.79 Å². The summed E-state index contributed by atoms with van der Waals surface area (Å²) in [5.74, 6) is 0.00762. The Balaban J connectivity index is 2.45. The van der Waals surface area contributed by atoms with E-state index in [1.807, 2.05) is 13.1 Å². The number of carbonyl (C=O) groups is 1. The third kappa shape index (κ3) is 1.93. The summed E-state index contributed by atoms with van der Waals surface area (Å²) in [6.45, 7) is 3.49. The maximum Gasteiger partial charge on any atom is 0.161 e. The first kappa shape index (κ1) is 9.58. The lowest BCUT2D eigenvalue weighted by Gasteiger charge is -2.01. The van der Waals surface area contributed by atoms with Crippen LogP contribution >= 0.6 is 0 Å². The molecule has 15 heavy (non-hydrogen) atoms. The van der Waals surface area contributed by atoms with Gasteiger partial charge in [0.1, 0.15) is 0 Å². The van der Waals surface area contributed by atoms with Gasteiger partial charge >= 0.3 is 0 Å². The first-order chi connectivity index (χ1) is 7.16. The lowest BCUT2D eigenvalue weighted by molar-refractivity contribution is 0.101. The summed E-state index contributed by atoms with van der Waals surface area (Å²) in [6.07, 6.45) is 6.89. The van der Waals surface area contributed by atoms with Crippen LogP contribution in [0.25, 0.3) is 5.69 Å². The van der Waals surface area contributed by atoms with E-state index in [0.717, 1.165) is 11.3 Å². The Hall–Kier alpha value is -1.97. The Labute approximate surface area is 87.6 Å². The Morgan fingerprint density at radius 2 is 2.13 bits per heavy atom. The number of hydrogen-bond donors (Lipinski definition) is 0. The zero-order valence-corrected chi connectivity index (χ0v) is 8.64. The molecule has 0 aliphatic carbocycles. The molecule has 2 heterocycles. The number of aryl methyl sites for hydroxylation is 1. The van der Waals surface area contributed by atoms with Crippen molar-refractivity contribution in [2.75, 3.05) is 0 Å². The molecule has 0 atom stereocenters. The number of hydrogen-bond acceptors (Lipinski definition) is 3. The molecular formula is C11H11N3O. The molecule has 2 rings (SSSR count). The number of aromatic nitrogens is 3. The van der Waals surface area contributed by atoms with Crippen LogP contribution in [-0.2, 0) is 0 Å². The van der Waals surface area contributed by atoms with Gasteiger partial charge in [0, 0.05) is 18.0 Å². The van der Waals surface area contributed by atoms with Gasteiger partial charge in [0.25, 0.3) is 0 Å². The standard InChI is InChI=1S/C11H11N3O/c1-8-4-13-14(7-8)11-3-10(9(2)15)5-12-6-11/h3-7H,1-2H3. The van der Waals surface area contributed by atoms with E-state index in [4.69, 9.17) is 0 Å². The molecule has 0 amide bonds. The molecule has 2 aromatic rings. The highest BCUT2D eigenvalue weighted by Crippen LogP contribution is 2.09. The minimum atomic E-state index is 0.00762. The predicted octanol–water partition coefficient (Wildman–Crippen LogP) is 1.78. The molecule has 76 valence electrons. The van der Waals surface area contributed by atoms with Gasteiger partial charge in [0.05, 0.1) is 18.1 Å². The molecular weight excluding hydrogens is 190 g/mol. The second-order valence-electron chi connectivity index (χ2n) is 3.45. The van der Waals surface area contributed by atoms with Crippen molar-refractivity contribution in [2.45, 2.75) is 13.8 Å². The van der Waals surface area contributed by atoms with Crippen molar-refractivity contribution in [3.63, 3.8) is 0 Å². The van der Waals surface area contributed by atoms with Crippen LogP contribution in [0, 0.1) is 6.92 Å². The zero-order chi connectivity index (χ0) is 10.8. The maximum absolute atomic E-state index is 11.2. The fraction of sp³-hybridized carbons (Fsp3) is 0.182. The van der Waals surface area contributed by atoms with Gasteiger partial charge in [-0.2, -0.15) is 5.10 Å². The third-order valence-corrected chi connectivity index (χ3v) is 2.11. The van der Waals surface area contributed by atoms with Crippen LogP contribution in [0.15, 0.2) is 30.9 Å². The number of Topliss-reactive ketones (excluding diaryl/α,β-unsaturated/α-hetero) is 1. The molecule has 0 N–H and O–H groups in total. The molecule has 0 bridgehead atoms. The monoisotopic (exact) mass is 201 g/mol. The average Bonchev–Trinajstić information content (AvgIpc) is 2.65. The third-order valence-electron chi connectivity index (χ3n) is 2.11. The van der Waals surface area contributed by atoms with E-state index < -0.39 is 0 Å². The lowest BCUT2D eigenvalue weighted by Crippen LogP contribution is -1.99. The molecule has 0 saturated heterocycles. The Morgan fingerprint density at radius 3 is 2.73 bits per heavy atom. The smallest absolute Gasteiger partial charge is 0.161 e. The summed E-state index contributed by atoms with van der Waals surface area (Å²) in [7, 11) is 0. The van der Waals surface area contributed by atoms with Crippen molar-refractivity contribution < 1.29 is 4.79 Å². The van der Waals surface area contributed by atoms with Crippen LogP contribution in [0.2, 0.25) is 0 Å². The summed E-state index contributed by atoms with van der Waals surface area (Å²) < 4.78 is 1.70. The normalized spacial score (nSPS) is 10.3. The van der Waals surface area contributed by atoms with E-state index in [-0.39, 0.29) is 5.78 Å². The first-order valence-electron chi connectivity index (χ1n) is 4.64. The molecule has 0 saturated carbocycles. The van der Waals surface area contributed by atoms with Gasteiger partial charge in [-0.3, -0.25) is 9.78 Å². The molecule has 0 aromatic carbocycles. The Kier molecular flexibility index (Phi) is 2.33. The summed E-state index contributed by atoms with van der Waals surface area (Å²) in [6, 6.07) is 1.78. The second-order valence-corrected chi connectivity index (χ2v) is 3.45. The van der Waals surface area contributed by atoms with Crippen LogP contribution in [0.4, 0.5) is 0 Å². The van der Waals surface area contributed by atoms with Gasteiger partial charge in [-0.15, -0.1) is 0 Å². The number of rotatable bonds is 2. The fourth-order valence-corrected chi connectivity index (χ4v) is 1.30. The molecule has 4 nitrogen and oxygen atoms in total. The van der Waals surface area contributed by atoms with Crippen molar-refractivity contribution in [1.29, 1.82) is 0 Å². The van der Waals surface area contributed by atoms with Crippen LogP contribution in [-0.4, -0.2) is 20.5 Å². The zero-order valence-electron chi connectivity index (χ0n) is 8.64. The minimum absolute atomic E-state index is 0.00762. The highest BCUT2D eigenvalue weighted by Gasteiger charge is 2.03. The molecule has 0 radical (unpaired) electrons. The first-order valence-corrected chi connectivity index (χ1v) is 4.64. The topological polar surface area (TPSA) is 47.8 Å². The number of pyridine rings is 1. The number of nitrogens with zero attached hydrogens (tertiary/aromatic N) is 3. The highest BCUT2D eigenvalue weighted by molar-refractivity contribution is 5.94. The van der Waals surface area contributed by atoms with Crippen molar-refractivity contribution in [1.82, 2.24) is 14.8 Å². The fourth-order valence-electron chi connectivity index (χ4n) is 1.30. The molecule has 0 unspecified atom stereocenters. The molecule has 0 spiro atoms. The molecule has 0 aliphatic rings. The van der Waals surface area contributed by atoms with E-state index in [1.54, 1.807) is 29.3 Å². The minimum Gasteiger partial charge on any atom is -0.294 e. The van der Waals surface area contributed by atoms with Crippen molar-refractivity contribution >= 4 is 5.78 Å². The van der Waals surface area contributed by atoms with Gasteiger partial charge in [-0.05, 0) is 25.5 Å². The highest BCUT2D eigenvalue weighted by atomic mass is 16.1. The molecule has 4 heteroatoms. The quantitative estimate of drug-likeness (QED) is 0.696. The van der Waals surface area contributed by atoms with Crippen LogP contribution in [0.3, 0.4) is 0 Å². The maximum atomic E-state index is 11.2. The number of carbonyl (C=O) groups excluding carboxylic acids is 1. The second kappa shape index (κ2) is 3.65. The largest absolute Gasteiger partial charge is 0.294 e. The van der Waals surface area contributed by atoms with Crippen molar-refractivity contribution in [2.24, 2.45) is 0 Å². The SMILES string of the molecule is CC(=O)c1cncc(-n2cc(C)cn2)c1. The van der Waals surface area contributed by atoms with E-state index in [1.165, 1.54) is 6.92 Å². The average molecular weight is 201 g/mol. The molecule has 2 aromatic heterocycles. The van der Waals surface area contributed by atoms with Gasteiger partial charge < -0.3 is 0 Å². The van der Waals surface area contributed by atoms with Crippen LogP contribution in [0.1, 0.15) is 22.8 Å². The summed E-state index contributed by atoms with van der Waals surface area (Å²) in [5, 5.41) is 4.15. The van der Waals surface area contributed by atoms with Gasteiger partial charge in [0.2, 0.25) is 0 Å².